The molecular weight excluding hydrogens is 382 g/mol. The number of thiophene rings is 1. The Morgan fingerprint density at radius 3 is 2.21 bits per heavy atom. The summed E-state index contributed by atoms with van der Waals surface area (Å²) in [5, 5.41) is 1.97. The molecule has 0 N–H and O–H groups in total. The van der Waals surface area contributed by atoms with E-state index in [2.05, 4.69) is 36.2 Å². The molecule has 0 unspecified atom stereocenters. The fraction of sp³-hybridized carbons (Fsp3) is 0.261. The Bertz CT molecular complexity index is 998. The second-order valence-electron chi connectivity index (χ2n) is 7.20. The number of hydrogen-bond donors (Lipinski definition) is 0. The van der Waals surface area contributed by atoms with Gasteiger partial charge in [-0.05, 0) is 42.5 Å². The highest BCUT2D eigenvalue weighted by Crippen LogP contribution is 2.30. The molecule has 1 aliphatic rings. The van der Waals surface area contributed by atoms with Gasteiger partial charge in [0.05, 0.1) is 4.88 Å². The van der Waals surface area contributed by atoms with Gasteiger partial charge in [-0.25, -0.2) is 0 Å². The van der Waals surface area contributed by atoms with Crippen molar-refractivity contribution in [3.8, 4) is 11.1 Å². The molecule has 2 aromatic heterocycles. The lowest BCUT2D eigenvalue weighted by Gasteiger charge is -2.22. The zero-order valence-corrected chi connectivity index (χ0v) is 17.2. The van der Waals surface area contributed by atoms with Gasteiger partial charge < -0.3 is 9.80 Å². The van der Waals surface area contributed by atoms with Gasteiger partial charge >= 0.3 is 0 Å². The van der Waals surface area contributed by atoms with Crippen molar-refractivity contribution in [1.29, 1.82) is 0 Å². The van der Waals surface area contributed by atoms with E-state index in [1.165, 1.54) is 16.9 Å². The first-order chi connectivity index (χ1) is 14.1. The topological polar surface area (TPSA) is 53.5 Å². The van der Waals surface area contributed by atoms with Gasteiger partial charge in [-0.1, -0.05) is 29.8 Å². The molecule has 1 aromatic carbocycles. The van der Waals surface area contributed by atoms with Gasteiger partial charge in [-0.2, -0.15) is 0 Å². The molecule has 2 amide bonds. The van der Waals surface area contributed by atoms with E-state index >= 15 is 0 Å². The average molecular weight is 406 g/mol. The monoisotopic (exact) mass is 405 g/mol. The summed E-state index contributed by atoms with van der Waals surface area (Å²) in [4.78, 5) is 34.4. The Morgan fingerprint density at radius 2 is 1.52 bits per heavy atom. The van der Waals surface area contributed by atoms with Gasteiger partial charge in [0, 0.05) is 49.7 Å². The van der Waals surface area contributed by atoms with Gasteiger partial charge in [0.1, 0.15) is 0 Å². The first-order valence-electron chi connectivity index (χ1n) is 9.76. The Kier molecular flexibility index (Phi) is 5.71. The SMILES string of the molecule is Cc1ccc(-c2ccsc2C(=O)N2CCCN(C(=O)c3ccncc3)CC2)cc1. The smallest absolute Gasteiger partial charge is 0.264 e. The van der Waals surface area contributed by atoms with E-state index in [9.17, 15) is 9.59 Å². The largest absolute Gasteiger partial charge is 0.337 e. The van der Waals surface area contributed by atoms with Crippen molar-refractivity contribution >= 4 is 23.2 Å². The molecule has 0 saturated carbocycles. The van der Waals surface area contributed by atoms with E-state index in [4.69, 9.17) is 0 Å². The molecule has 4 rings (SSSR count). The van der Waals surface area contributed by atoms with Crippen molar-refractivity contribution in [3.05, 3.63) is 76.2 Å². The summed E-state index contributed by atoms with van der Waals surface area (Å²) in [7, 11) is 0. The van der Waals surface area contributed by atoms with Crippen LogP contribution in [-0.2, 0) is 0 Å². The Hall–Kier alpha value is -2.99. The second kappa shape index (κ2) is 8.57. The normalized spacial score (nSPS) is 14.5. The van der Waals surface area contributed by atoms with Crippen LogP contribution in [0.5, 0.6) is 0 Å². The number of aryl methyl sites for hydroxylation is 1. The fourth-order valence-corrected chi connectivity index (χ4v) is 4.46. The molecule has 0 atom stereocenters. The summed E-state index contributed by atoms with van der Waals surface area (Å²) < 4.78 is 0. The number of rotatable bonds is 3. The minimum atomic E-state index is -0.00170. The van der Waals surface area contributed by atoms with Gasteiger partial charge in [0.25, 0.3) is 11.8 Å². The minimum absolute atomic E-state index is 0.00170. The number of nitrogens with zero attached hydrogens (tertiary/aromatic N) is 3. The van der Waals surface area contributed by atoms with Crippen LogP contribution in [-0.4, -0.2) is 52.8 Å². The summed E-state index contributed by atoms with van der Waals surface area (Å²) in [5.74, 6) is 0.0481. The van der Waals surface area contributed by atoms with E-state index in [1.807, 2.05) is 21.2 Å². The molecule has 3 aromatic rings. The van der Waals surface area contributed by atoms with Gasteiger partial charge in [0.15, 0.2) is 0 Å². The molecule has 0 aliphatic carbocycles. The van der Waals surface area contributed by atoms with Crippen LogP contribution in [0.2, 0.25) is 0 Å². The molecule has 29 heavy (non-hydrogen) atoms. The van der Waals surface area contributed by atoms with E-state index in [0.29, 0.717) is 31.7 Å². The molecule has 3 heterocycles. The van der Waals surface area contributed by atoms with Crippen molar-refractivity contribution < 1.29 is 9.59 Å². The zero-order chi connectivity index (χ0) is 20.2. The third-order valence-corrected chi connectivity index (χ3v) is 6.12. The van der Waals surface area contributed by atoms with Gasteiger partial charge in [0.2, 0.25) is 0 Å². The van der Waals surface area contributed by atoms with Crippen LogP contribution in [0.15, 0.2) is 60.2 Å². The highest BCUT2D eigenvalue weighted by molar-refractivity contribution is 7.12. The molecule has 148 valence electrons. The molecule has 1 aliphatic heterocycles. The van der Waals surface area contributed by atoms with Gasteiger partial charge in [-0.3, -0.25) is 14.6 Å². The molecule has 0 radical (unpaired) electrons. The van der Waals surface area contributed by atoms with Crippen molar-refractivity contribution in [2.24, 2.45) is 0 Å². The Morgan fingerprint density at radius 1 is 0.862 bits per heavy atom. The fourth-order valence-electron chi connectivity index (χ4n) is 3.58. The maximum Gasteiger partial charge on any atom is 0.264 e. The maximum absolute atomic E-state index is 13.2. The molecule has 0 bridgehead atoms. The number of amides is 2. The Balaban J connectivity index is 1.48. The third kappa shape index (κ3) is 4.22. The molecule has 5 nitrogen and oxygen atoms in total. The summed E-state index contributed by atoms with van der Waals surface area (Å²) in [6.45, 7) is 4.45. The third-order valence-electron chi connectivity index (χ3n) is 5.22. The van der Waals surface area contributed by atoms with Crippen LogP contribution in [0.25, 0.3) is 11.1 Å². The van der Waals surface area contributed by atoms with Crippen LogP contribution in [0.4, 0.5) is 0 Å². The average Bonchev–Trinajstić information content (AvgIpc) is 3.11. The van der Waals surface area contributed by atoms with Crippen molar-refractivity contribution in [3.63, 3.8) is 0 Å². The van der Waals surface area contributed by atoms with Crippen LogP contribution < -0.4 is 0 Å². The lowest BCUT2D eigenvalue weighted by atomic mass is 10.0. The zero-order valence-electron chi connectivity index (χ0n) is 16.4. The lowest BCUT2D eigenvalue weighted by Crippen LogP contribution is -2.37. The highest BCUT2D eigenvalue weighted by Gasteiger charge is 2.25. The van der Waals surface area contributed by atoms with Crippen LogP contribution in [0, 0.1) is 6.92 Å². The van der Waals surface area contributed by atoms with Crippen molar-refractivity contribution in [1.82, 2.24) is 14.8 Å². The van der Waals surface area contributed by atoms with E-state index in [1.54, 1.807) is 24.5 Å². The lowest BCUT2D eigenvalue weighted by molar-refractivity contribution is 0.0721. The van der Waals surface area contributed by atoms with E-state index in [-0.39, 0.29) is 11.8 Å². The van der Waals surface area contributed by atoms with E-state index in [0.717, 1.165) is 22.4 Å². The maximum atomic E-state index is 13.2. The quantitative estimate of drug-likeness (QED) is 0.659. The highest BCUT2D eigenvalue weighted by atomic mass is 32.1. The summed E-state index contributed by atoms with van der Waals surface area (Å²) in [6.07, 6.45) is 4.03. The summed E-state index contributed by atoms with van der Waals surface area (Å²) >= 11 is 1.48. The van der Waals surface area contributed by atoms with Crippen molar-refractivity contribution in [2.75, 3.05) is 26.2 Å². The summed E-state index contributed by atoms with van der Waals surface area (Å²) in [5.41, 5.74) is 3.88. The van der Waals surface area contributed by atoms with E-state index < -0.39 is 0 Å². The standard InChI is InChI=1S/C23H23N3O2S/c1-17-3-5-18(6-4-17)20-9-16-29-21(20)23(28)26-13-2-12-25(14-15-26)22(27)19-7-10-24-11-8-19/h3-11,16H,2,12-15H2,1H3. The number of carbonyl (C=O) groups is 2. The summed E-state index contributed by atoms with van der Waals surface area (Å²) in [6, 6.07) is 13.7. The molecule has 1 fully saturated rings. The molecule has 0 spiro atoms. The predicted molar refractivity (Wildman–Crippen MR) is 115 cm³/mol. The number of carbonyl (C=O) groups excluding carboxylic acids is 2. The molecular formula is C23H23N3O2S. The van der Waals surface area contributed by atoms with Crippen LogP contribution >= 0.6 is 11.3 Å². The van der Waals surface area contributed by atoms with Crippen LogP contribution in [0.1, 0.15) is 32.0 Å². The molecule has 1 saturated heterocycles. The Labute approximate surface area is 174 Å². The number of benzene rings is 1. The number of hydrogen-bond acceptors (Lipinski definition) is 4. The number of pyridine rings is 1. The number of aromatic nitrogens is 1. The first-order valence-corrected chi connectivity index (χ1v) is 10.6. The van der Waals surface area contributed by atoms with Gasteiger partial charge in [-0.15, -0.1) is 11.3 Å². The minimum Gasteiger partial charge on any atom is -0.337 e. The van der Waals surface area contributed by atoms with Crippen molar-refractivity contribution in [2.45, 2.75) is 13.3 Å². The molecule has 6 heteroatoms. The second-order valence-corrected chi connectivity index (χ2v) is 8.12. The van der Waals surface area contributed by atoms with Crippen LogP contribution in [0.3, 0.4) is 0 Å². The first kappa shape index (κ1) is 19.3. The predicted octanol–water partition coefficient (Wildman–Crippen LogP) is 4.11.